The van der Waals surface area contributed by atoms with Crippen molar-refractivity contribution in [3.8, 4) is 0 Å². The largest absolute Gasteiger partial charge is 0.369 e. The van der Waals surface area contributed by atoms with Gasteiger partial charge in [-0.2, -0.15) is 5.10 Å². The van der Waals surface area contributed by atoms with E-state index in [1.165, 1.54) is 5.56 Å². The fourth-order valence-corrected chi connectivity index (χ4v) is 1.57. The van der Waals surface area contributed by atoms with Crippen LogP contribution in [0.1, 0.15) is 25.8 Å². The zero-order valence-corrected chi connectivity index (χ0v) is 10.8. The second-order valence-corrected chi connectivity index (χ2v) is 4.01. The Bertz CT molecular complexity index is 349. The minimum atomic E-state index is -0.363. The van der Waals surface area contributed by atoms with Crippen LogP contribution in [0.5, 0.6) is 0 Å². The van der Waals surface area contributed by atoms with Crippen LogP contribution >= 0.6 is 0 Å². The van der Waals surface area contributed by atoms with Crippen molar-refractivity contribution in [2.75, 3.05) is 13.2 Å². The Balaban J connectivity index is 2.13. The van der Waals surface area contributed by atoms with Gasteiger partial charge in [0.15, 0.2) is 0 Å². The summed E-state index contributed by atoms with van der Waals surface area (Å²) in [4.78, 5) is 11.5. The molecule has 5 nitrogen and oxygen atoms in total. The lowest BCUT2D eigenvalue weighted by Crippen LogP contribution is -2.35. The van der Waals surface area contributed by atoms with Crippen molar-refractivity contribution in [2.45, 2.75) is 32.8 Å². The second-order valence-electron chi connectivity index (χ2n) is 4.01. The van der Waals surface area contributed by atoms with Crippen molar-refractivity contribution in [3.63, 3.8) is 0 Å². The molecule has 0 saturated carbocycles. The van der Waals surface area contributed by atoms with Gasteiger partial charge in [0.25, 0.3) is 0 Å². The highest BCUT2D eigenvalue weighted by atomic mass is 16.5. The van der Waals surface area contributed by atoms with Crippen LogP contribution in [0.25, 0.3) is 0 Å². The molecule has 0 bridgehead atoms. The number of nitrogens with one attached hydrogen (secondary N) is 1. The lowest BCUT2D eigenvalue weighted by Gasteiger charge is -2.11. The SMILES string of the molecule is CCO[C@H](C)C(=O)NCCCc1cnn(C)c1. The Morgan fingerprint density at radius 1 is 1.65 bits per heavy atom. The number of amides is 1. The van der Waals surface area contributed by atoms with Gasteiger partial charge in [0.2, 0.25) is 5.91 Å². The summed E-state index contributed by atoms with van der Waals surface area (Å²) in [6, 6.07) is 0. The van der Waals surface area contributed by atoms with Crippen LogP contribution in [0.15, 0.2) is 12.4 Å². The van der Waals surface area contributed by atoms with E-state index >= 15 is 0 Å². The highest BCUT2D eigenvalue weighted by molar-refractivity contribution is 5.80. The zero-order valence-electron chi connectivity index (χ0n) is 10.8. The second kappa shape index (κ2) is 7.06. The molecule has 5 heteroatoms. The highest BCUT2D eigenvalue weighted by Gasteiger charge is 2.10. The molecule has 0 aliphatic rings. The van der Waals surface area contributed by atoms with E-state index in [0.29, 0.717) is 13.2 Å². The van der Waals surface area contributed by atoms with Gasteiger partial charge in [-0.3, -0.25) is 9.48 Å². The number of rotatable bonds is 7. The minimum absolute atomic E-state index is 0.0435. The zero-order chi connectivity index (χ0) is 12.7. The molecular formula is C12H21N3O2. The summed E-state index contributed by atoms with van der Waals surface area (Å²) in [7, 11) is 1.90. The van der Waals surface area contributed by atoms with Gasteiger partial charge in [-0.25, -0.2) is 0 Å². The fraction of sp³-hybridized carbons (Fsp3) is 0.667. The number of ether oxygens (including phenoxy) is 1. The van der Waals surface area contributed by atoms with Gasteiger partial charge < -0.3 is 10.1 Å². The predicted molar refractivity (Wildman–Crippen MR) is 65.6 cm³/mol. The summed E-state index contributed by atoms with van der Waals surface area (Å²) >= 11 is 0. The maximum Gasteiger partial charge on any atom is 0.248 e. The lowest BCUT2D eigenvalue weighted by atomic mass is 10.2. The van der Waals surface area contributed by atoms with Crippen LogP contribution in [-0.4, -0.2) is 34.9 Å². The first-order chi connectivity index (χ1) is 8.13. The number of nitrogens with zero attached hydrogens (tertiary/aromatic N) is 2. The lowest BCUT2D eigenvalue weighted by molar-refractivity contribution is -0.131. The van der Waals surface area contributed by atoms with E-state index in [2.05, 4.69) is 10.4 Å². The summed E-state index contributed by atoms with van der Waals surface area (Å²) in [5, 5.41) is 6.95. The molecule has 1 rings (SSSR count). The van der Waals surface area contributed by atoms with E-state index in [1.807, 2.05) is 26.4 Å². The molecule has 1 aromatic heterocycles. The van der Waals surface area contributed by atoms with E-state index in [-0.39, 0.29) is 12.0 Å². The molecule has 17 heavy (non-hydrogen) atoms. The molecule has 1 N–H and O–H groups in total. The summed E-state index contributed by atoms with van der Waals surface area (Å²) < 4.78 is 6.98. The Kier molecular flexibility index (Phi) is 5.69. The summed E-state index contributed by atoms with van der Waals surface area (Å²) in [5.74, 6) is -0.0435. The number of hydrogen-bond donors (Lipinski definition) is 1. The molecule has 0 unspecified atom stereocenters. The van der Waals surface area contributed by atoms with Crippen LogP contribution in [0, 0.1) is 0 Å². The van der Waals surface area contributed by atoms with E-state index < -0.39 is 0 Å². The van der Waals surface area contributed by atoms with E-state index in [1.54, 1.807) is 11.6 Å². The molecular weight excluding hydrogens is 218 g/mol. The molecule has 1 amide bonds. The monoisotopic (exact) mass is 239 g/mol. The number of carbonyl (C=O) groups is 1. The Morgan fingerprint density at radius 3 is 3.00 bits per heavy atom. The van der Waals surface area contributed by atoms with Crippen molar-refractivity contribution < 1.29 is 9.53 Å². The van der Waals surface area contributed by atoms with Crippen molar-refractivity contribution in [3.05, 3.63) is 18.0 Å². The third-order valence-corrected chi connectivity index (χ3v) is 2.49. The maximum atomic E-state index is 11.5. The highest BCUT2D eigenvalue weighted by Crippen LogP contribution is 2.00. The fourth-order valence-electron chi connectivity index (χ4n) is 1.57. The Hall–Kier alpha value is -1.36. The van der Waals surface area contributed by atoms with Gasteiger partial charge in [0, 0.05) is 26.4 Å². The molecule has 0 fully saturated rings. The standard InChI is InChI=1S/C12H21N3O2/c1-4-17-10(2)12(16)13-7-5-6-11-8-14-15(3)9-11/h8-10H,4-7H2,1-3H3,(H,13,16)/t10-/m1/s1. The minimum Gasteiger partial charge on any atom is -0.369 e. The first-order valence-corrected chi connectivity index (χ1v) is 6.00. The van der Waals surface area contributed by atoms with Gasteiger partial charge in [-0.1, -0.05) is 0 Å². The molecule has 0 spiro atoms. The quantitative estimate of drug-likeness (QED) is 0.719. The molecule has 1 atom stereocenters. The molecule has 0 saturated heterocycles. The van der Waals surface area contributed by atoms with E-state index in [9.17, 15) is 4.79 Å². The van der Waals surface area contributed by atoms with Gasteiger partial charge in [-0.15, -0.1) is 0 Å². The third kappa shape index (κ3) is 4.99. The number of carbonyl (C=O) groups excluding carboxylic acids is 1. The van der Waals surface area contributed by atoms with Gasteiger partial charge in [0.1, 0.15) is 6.10 Å². The van der Waals surface area contributed by atoms with Gasteiger partial charge in [0.05, 0.1) is 6.20 Å². The van der Waals surface area contributed by atoms with Crippen LogP contribution in [-0.2, 0) is 23.0 Å². The number of aromatic nitrogens is 2. The van der Waals surface area contributed by atoms with Gasteiger partial charge >= 0.3 is 0 Å². The Morgan fingerprint density at radius 2 is 2.41 bits per heavy atom. The number of aryl methyl sites for hydroxylation is 2. The molecule has 96 valence electrons. The topological polar surface area (TPSA) is 56.1 Å². The van der Waals surface area contributed by atoms with E-state index in [4.69, 9.17) is 4.74 Å². The van der Waals surface area contributed by atoms with Crippen LogP contribution < -0.4 is 5.32 Å². The molecule has 1 heterocycles. The first kappa shape index (κ1) is 13.7. The Labute approximate surface area is 102 Å². The first-order valence-electron chi connectivity index (χ1n) is 6.00. The molecule has 0 aromatic carbocycles. The summed E-state index contributed by atoms with van der Waals surface area (Å²) in [6.07, 6.45) is 5.32. The van der Waals surface area contributed by atoms with Crippen molar-refractivity contribution in [1.29, 1.82) is 0 Å². The molecule has 1 aromatic rings. The summed E-state index contributed by atoms with van der Waals surface area (Å²) in [5.41, 5.74) is 1.19. The van der Waals surface area contributed by atoms with Crippen LogP contribution in [0.3, 0.4) is 0 Å². The maximum absolute atomic E-state index is 11.5. The third-order valence-electron chi connectivity index (χ3n) is 2.49. The van der Waals surface area contributed by atoms with Crippen molar-refractivity contribution in [2.24, 2.45) is 7.05 Å². The average molecular weight is 239 g/mol. The smallest absolute Gasteiger partial charge is 0.248 e. The summed E-state index contributed by atoms with van der Waals surface area (Å²) in [6.45, 7) is 4.88. The molecule has 0 aliphatic heterocycles. The van der Waals surface area contributed by atoms with Crippen molar-refractivity contribution >= 4 is 5.91 Å². The molecule has 0 aliphatic carbocycles. The van der Waals surface area contributed by atoms with Crippen LogP contribution in [0.2, 0.25) is 0 Å². The van der Waals surface area contributed by atoms with Gasteiger partial charge in [-0.05, 0) is 32.3 Å². The van der Waals surface area contributed by atoms with Crippen molar-refractivity contribution in [1.82, 2.24) is 15.1 Å². The normalized spacial score (nSPS) is 12.4. The van der Waals surface area contributed by atoms with E-state index in [0.717, 1.165) is 12.8 Å². The van der Waals surface area contributed by atoms with Crippen LogP contribution in [0.4, 0.5) is 0 Å². The predicted octanol–water partition coefficient (Wildman–Crippen LogP) is 0.894. The number of hydrogen-bond acceptors (Lipinski definition) is 3. The average Bonchev–Trinajstić information content (AvgIpc) is 2.70. The molecule has 0 radical (unpaired) electrons.